The molecule has 3 aliphatic rings. The summed E-state index contributed by atoms with van der Waals surface area (Å²) in [5.41, 5.74) is 0. The molecule has 17 heavy (non-hydrogen) atoms. The van der Waals surface area contributed by atoms with Crippen LogP contribution in [0.25, 0.3) is 0 Å². The van der Waals surface area contributed by atoms with Crippen LogP contribution in [0.3, 0.4) is 0 Å². The number of hydrogen-bond acceptors (Lipinski definition) is 2. The third-order valence-electron chi connectivity index (χ3n) is 5.16. The van der Waals surface area contributed by atoms with E-state index in [1.54, 1.807) is 0 Å². The maximum atomic E-state index is 3.80. The van der Waals surface area contributed by atoms with E-state index in [4.69, 9.17) is 0 Å². The summed E-state index contributed by atoms with van der Waals surface area (Å²) in [6.45, 7) is 1.27. The molecule has 2 heteroatoms. The van der Waals surface area contributed by atoms with Crippen molar-refractivity contribution in [3.05, 3.63) is 0 Å². The minimum atomic E-state index is 0.849. The summed E-state index contributed by atoms with van der Waals surface area (Å²) in [6.07, 6.45) is 14.4. The molecule has 2 heterocycles. The lowest BCUT2D eigenvalue weighted by atomic mass is 9.89. The Labute approximate surface area is 106 Å². The molecule has 0 aromatic carbocycles. The van der Waals surface area contributed by atoms with Gasteiger partial charge in [-0.25, -0.2) is 0 Å². The molecule has 2 unspecified atom stereocenters. The fraction of sp³-hybridized carbons (Fsp3) is 1.00. The highest BCUT2D eigenvalue weighted by Gasteiger charge is 2.32. The topological polar surface area (TPSA) is 24.1 Å². The number of fused-ring (bicyclic) bond motifs is 2. The predicted molar refractivity (Wildman–Crippen MR) is 72.2 cm³/mol. The van der Waals surface area contributed by atoms with Crippen LogP contribution in [0.1, 0.15) is 64.2 Å². The van der Waals surface area contributed by atoms with E-state index in [0.29, 0.717) is 0 Å². The van der Waals surface area contributed by atoms with Gasteiger partial charge in [-0.2, -0.15) is 0 Å². The van der Waals surface area contributed by atoms with Gasteiger partial charge in [0, 0.05) is 18.1 Å². The average molecular weight is 236 g/mol. The van der Waals surface area contributed by atoms with Gasteiger partial charge in [0.15, 0.2) is 0 Å². The van der Waals surface area contributed by atoms with Crippen LogP contribution >= 0.6 is 0 Å². The molecule has 3 fully saturated rings. The van der Waals surface area contributed by atoms with Crippen LogP contribution in [0, 0.1) is 5.92 Å². The SMILES string of the molecule is C1CCC(NCCC2CC3CCC(C2)N3)CC1. The molecule has 2 atom stereocenters. The van der Waals surface area contributed by atoms with Crippen LogP contribution in [0.15, 0.2) is 0 Å². The van der Waals surface area contributed by atoms with E-state index in [1.807, 2.05) is 0 Å². The number of hydrogen-bond donors (Lipinski definition) is 2. The highest BCUT2D eigenvalue weighted by atomic mass is 15.0. The Kier molecular flexibility index (Phi) is 4.02. The Morgan fingerprint density at radius 1 is 0.882 bits per heavy atom. The molecular weight excluding hydrogens is 208 g/mol. The summed E-state index contributed by atoms with van der Waals surface area (Å²) < 4.78 is 0. The Balaban J connectivity index is 1.34. The molecule has 2 nitrogen and oxygen atoms in total. The molecule has 2 bridgehead atoms. The first-order valence-electron chi connectivity index (χ1n) is 7.89. The second-order valence-electron chi connectivity index (χ2n) is 6.55. The molecule has 3 rings (SSSR count). The Morgan fingerprint density at radius 2 is 1.59 bits per heavy atom. The van der Waals surface area contributed by atoms with Crippen molar-refractivity contribution < 1.29 is 0 Å². The van der Waals surface area contributed by atoms with Crippen LogP contribution in [0.4, 0.5) is 0 Å². The fourth-order valence-electron chi connectivity index (χ4n) is 4.21. The van der Waals surface area contributed by atoms with Gasteiger partial charge in [0.2, 0.25) is 0 Å². The quantitative estimate of drug-likeness (QED) is 0.784. The van der Waals surface area contributed by atoms with E-state index < -0.39 is 0 Å². The zero-order valence-corrected chi connectivity index (χ0v) is 11.1. The molecule has 2 saturated heterocycles. The van der Waals surface area contributed by atoms with Crippen molar-refractivity contribution in [2.75, 3.05) is 6.54 Å². The highest BCUT2D eigenvalue weighted by Crippen LogP contribution is 2.32. The zero-order valence-electron chi connectivity index (χ0n) is 11.1. The molecule has 98 valence electrons. The van der Waals surface area contributed by atoms with Gasteiger partial charge in [0.1, 0.15) is 0 Å². The van der Waals surface area contributed by atoms with Crippen molar-refractivity contribution in [1.82, 2.24) is 10.6 Å². The first-order chi connectivity index (χ1) is 8.40. The van der Waals surface area contributed by atoms with Crippen LogP contribution in [-0.2, 0) is 0 Å². The largest absolute Gasteiger partial charge is 0.314 e. The second-order valence-corrected chi connectivity index (χ2v) is 6.55. The molecule has 0 radical (unpaired) electrons. The van der Waals surface area contributed by atoms with Crippen molar-refractivity contribution in [3.8, 4) is 0 Å². The first-order valence-corrected chi connectivity index (χ1v) is 7.89. The lowest BCUT2D eigenvalue weighted by Crippen LogP contribution is -2.39. The minimum absolute atomic E-state index is 0.849. The normalized spacial score (nSPS) is 38.5. The lowest BCUT2D eigenvalue weighted by Gasteiger charge is -2.30. The van der Waals surface area contributed by atoms with E-state index >= 15 is 0 Å². The number of piperidine rings is 1. The second kappa shape index (κ2) is 5.71. The summed E-state index contributed by atoms with van der Waals surface area (Å²) in [4.78, 5) is 0. The summed E-state index contributed by atoms with van der Waals surface area (Å²) in [6, 6.07) is 2.59. The Morgan fingerprint density at radius 3 is 2.29 bits per heavy atom. The van der Waals surface area contributed by atoms with E-state index in [0.717, 1.165) is 24.0 Å². The van der Waals surface area contributed by atoms with Gasteiger partial charge in [0.05, 0.1) is 0 Å². The monoisotopic (exact) mass is 236 g/mol. The zero-order chi connectivity index (χ0) is 11.5. The van der Waals surface area contributed by atoms with Crippen LogP contribution < -0.4 is 10.6 Å². The summed E-state index contributed by atoms with van der Waals surface area (Å²) >= 11 is 0. The van der Waals surface area contributed by atoms with Crippen molar-refractivity contribution in [2.45, 2.75) is 82.3 Å². The third kappa shape index (κ3) is 3.23. The molecule has 1 saturated carbocycles. The molecule has 2 N–H and O–H groups in total. The van der Waals surface area contributed by atoms with E-state index in [1.165, 1.54) is 70.8 Å². The van der Waals surface area contributed by atoms with Crippen molar-refractivity contribution in [2.24, 2.45) is 5.92 Å². The van der Waals surface area contributed by atoms with Crippen LogP contribution in [0.2, 0.25) is 0 Å². The van der Waals surface area contributed by atoms with Gasteiger partial charge >= 0.3 is 0 Å². The van der Waals surface area contributed by atoms with Crippen LogP contribution in [0.5, 0.6) is 0 Å². The van der Waals surface area contributed by atoms with Crippen LogP contribution in [-0.4, -0.2) is 24.7 Å². The van der Waals surface area contributed by atoms with E-state index in [-0.39, 0.29) is 0 Å². The maximum Gasteiger partial charge on any atom is 0.00728 e. The van der Waals surface area contributed by atoms with Gasteiger partial charge < -0.3 is 10.6 Å². The van der Waals surface area contributed by atoms with Crippen molar-refractivity contribution in [1.29, 1.82) is 0 Å². The molecule has 0 spiro atoms. The molecule has 0 aromatic rings. The predicted octanol–water partition coefficient (Wildman–Crippen LogP) is 2.83. The Hall–Kier alpha value is -0.0800. The van der Waals surface area contributed by atoms with Gasteiger partial charge in [0.25, 0.3) is 0 Å². The summed E-state index contributed by atoms with van der Waals surface area (Å²) in [5.74, 6) is 1.00. The maximum absolute atomic E-state index is 3.80. The number of nitrogens with one attached hydrogen (secondary N) is 2. The smallest absolute Gasteiger partial charge is 0.00728 e. The van der Waals surface area contributed by atoms with Crippen molar-refractivity contribution >= 4 is 0 Å². The van der Waals surface area contributed by atoms with E-state index in [9.17, 15) is 0 Å². The van der Waals surface area contributed by atoms with Gasteiger partial charge in [-0.05, 0) is 57.4 Å². The van der Waals surface area contributed by atoms with Gasteiger partial charge in [-0.1, -0.05) is 19.3 Å². The van der Waals surface area contributed by atoms with Gasteiger partial charge in [-0.3, -0.25) is 0 Å². The molecule has 0 amide bonds. The molecule has 2 aliphatic heterocycles. The average Bonchev–Trinajstić information content (AvgIpc) is 2.70. The summed E-state index contributed by atoms with van der Waals surface area (Å²) in [7, 11) is 0. The highest BCUT2D eigenvalue weighted by molar-refractivity contribution is 4.92. The molecule has 1 aliphatic carbocycles. The fourth-order valence-corrected chi connectivity index (χ4v) is 4.21. The van der Waals surface area contributed by atoms with Crippen molar-refractivity contribution in [3.63, 3.8) is 0 Å². The van der Waals surface area contributed by atoms with E-state index in [2.05, 4.69) is 10.6 Å². The molecular formula is C15H28N2. The molecule has 0 aromatic heterocycles. The first kappa shape index (κ1) is 12.0. The lowest BCUT2D eigenvalue weighted by molar-refractivity contribution is 0.274. The van der Waals surface area contributed by atoms with Gasteiger partial charge in [-0.15, -0.1) is 0 Å². The summed E-state index contributed by atoms with van der Waals surface area (Å²) in [5, 5.41) is 7.54. The third-order valence-corrected chi connectivity index (χ3v) is 5.16. The number of rotatable bonds is 4. The minimum Gasteiger partial charge on any atom is -0.314 e. The standard InChI is InChI=1S/C15H28N2/c1-2-4-13(5-3-1)16-9-8-12-10-14-6-7-15(11-12)17-14/h12-17H,1-11H2. The Bertz CT molecular complexity index is 223.